The van der Waals surface area contributed by atoms with Crippen LogP contribution in [0.2, 0.25) is 0 Å². The molecule has 1 unspecified atom stereocenters. The molecular weight excluding hydrogens is 346 g/mol. The first-order valence-electron chi connectivity index (χ1n) is 9.43. The van der Waals surface area contributed by atoms with Gasteiger partial charge in [0.2, 0.25) is 0 Å². The Bertz CT molecular complexity index is 933. The first kappa shape index (κ1) is 17.6. The van der Waals surface area contributed by atoms with Crippen LogP contribution in [0, 0.1) is 0 Å². The second-order valence-electron chi connectivity index (χ2n) is 7.97. The zero-order valence-corrected chi connectivity index (χ0v) is 16.2. The number of nitrogens with one attached hydrogen (secondary N) is 2. The average Bonchev–Trinajstić information content (AvgIpc) is 3.32. The molecule has 0 amide bonds. The number of nitrogens with zero attached hydrogens (tertiary/aromatic N) is 3. The number of aromatic nitrogens is 4. The monoisotopic (exact) mass is 371 g/mol. The summed E-state index contributed by atoms with van der Waals surface area (Å²) >= 11 is 0. The van der Waals surface area contributed by atoms with E-state index in [0.717, 1.165) is 36.5 Å². The molecule has 1 saturated heterocycles. The maximum absolute atomic E-state index is 4.94. The lowest BCUT2D eigenvalue weighted by Crippen LogP contribution is -2.35. The molecule has 2 aliphatic rings. The van der Waals surface area contributed by atoms with Gasteiger partial charge in [-0.05, 0) is 49.4 Å². The molecule has 3 aromatic heterocycles. The van der Waals surface area contributed by atoms with Gasteiger partial charge in [-0.25, -0.2) is 4.98 Å². The SMILES string of the molecule is CC(C)c1c[nH]c2ncc(-c3cc4n(n3)CCCC43CCNC3)cc12.Cl. The van der Waals surface area contributed by atoms with Gasteiger partial charge >= 0.3 is 0 Å². The fourth-order valence-corrected chi connectivity index (χ4v) is 4.67. The van der Waals surface area contributed by atoms with Crippen molar-refractivity contribution in [3.63, 3.8) is 0 Å². The van der Waals surface area contributed by atoms with Crippen molar-refractivity contribution in [1.29, 1.82) is 0 Å². The van der Waals surface area contributed by atoms with E-state index in [2.05, 4.69) is 52.1 Å². The molecule has 2 N–H and O–H groups in total. The Labute approximate surface area is 160 Å². The summed E-state index contributed by atoms with van der Waals surface area (Å²) in [4.78, 5) is 7.93. The van der Waals surface area contributed by atoms with E-state index in [9.17, 15) is 0 Å². The highest BCUT2D eigenvalue weighted by molar-refractivity contribution is 5.85. The van der Waals surface area contributed by atoms with Crippen LogP contribution in [0.1, 0.15) is 50.3 Å². The number of hydrogen-bond donors (Lipinski definition) is 2. The summed E-state index contributed by atoms with van der Waals surface area (Å²) in [5.41, 5.74) is 6.18. The van der Waals surface area contributed by atoms with Crippen molar-refractivity contribution < 1.29 is 0 Å². The van der Waals surface area contributed by atoms with Gasteiger partial charge in [0.05, 0.1) is 5.69 Å². The van der Waals surface area contributed by atoms with Gasteiger partial charge in [-0.15, -0.1) is 12.4 Å². The van der Waals surface area contributed by atoms with E-state index in [1.54, 1.807) is 0 Å². The molecule has 5 heterocycles. The maximum atomic E-state index is 4.94. The first-order valence-corrected chi connectivity index (χ1v) is 9.43. The maximum Gasteiger partial charge on any atom is 0.137 e. The minimum absolute atomic E-state index is 0. The van der Waals surface area contributed by atoms with Crippen molar-refractivity contribution in [3.05, 3.63) is 35.8 Å². The fourth-order valence-electron chi connectivity index (χ4n) is 4.67. The summed E-state index contributed by atoms with van der Waals surface area (Å²) in [6.07, 6.45) is 7.77. The average molecular weight is 372 g/mol. The molecule has 0 aromatic carbocycles. The second kappa shape index (κ2) is 6.39. The third-order valence-corrected chi connectivity index (χ3v) is 6.07. The number of H-pyrrole nitrogens is 1. The quantitative estimate of drug-likeness (QED) is 0.715. The standard InChI is InChI=1S/C20H25N5.ClH/c1-13(2)16-11-23-19-15(16)8-14(10-22-19)17-9-18-20(5-6-21-12-20)4-3-7-25(18)24-17;/h8-11,13,21H,3-7,12H2,1-2H3,(H,22,23);1H. The van der Waals surface area contributed by atoms with Gasteiger partial charge in [-0.3, -0.25) is 4.68 Å². The molecule has 0 bridgehead atoms. The van der Waals surface area contributed by atoms with Crippen LogP contribution in [0.3, 0.4) is 0 Å². The lowest BCUT2D eigenvalue weighted by molar-refractivity contribution is 0.319. The number of aromatic amines is 1. The predicted octanol–water partition coefficient (Wildman–Crippen LogP) is 4.00. The highest BCUT2D eigenvalue weighted by Gasteiger charge is 2.40. The largest absolute Gasteiger partial charge is 0.346 e. The lowest BCUT2D eigenvalue weighted by Gasteiger charge is -2.33. The third-order valence-electron chi connectivity index (χ3n) is 6.07. The predicted molar refractivity (Wildman–Crippen MR) is 107 cm³/mol. The summed E-state index contributed by atoms with van der Waals surface area (Å²) < 4.78 is 2.25. The summed E-state index contributed by atoms with van der Waals surface area (Å²) in [5, 5.41) is 9.72. The van der Waals surface area contributed by atoms with Crippen molar-refractivity contribution in [1.82, 2.24) is 25.1 Å². The van der Waals surface area contributed by atoms with Crippen LogP contribution in [0.4, 0.5) is 0 Å². The molecule has 3 aromatic rings. The molecule has 2 aliphatic heterocycles. The second-order valence-corrected chi connectivity index (χ2v) is 7.97. The number of pyridine rings is 1. The lowest BCUT2D eigenvalue weighted by atomic mass is 9.77. The number of aryl methyl sites for hydroxylation is 1. The van der Waals surface area contributed by atoms with E-state index in [1.165, 1.54) is 35.9 Å². The van der Waals surface area contributed by atoms with Crippen molar-refractivity contribution in [2.24, 2.45) is 0 Å². The fraction of sp³-hybridized carbons (Fsp3) is 0.500. The van der Waals surface area contributed by atoms with Crippen LogP contribution in [-0.4, -0.2) is 32.8 Å². The Balaban J connectivity index is 0.00000168. The van der Waals surface area contributed by atoms with Crippen molar-refractivity contribution in [3.8, 4) is 11.3 Å². The van der Waals surface area contributed by atoms with Gasteiger partial charge in [-0.1, -0.05) is 13.8 Å². The molecule has 6 heteroatoms. The smallest absolute Gasteiger partial charge is 0.137 e. The number of halogens is 1. The molecule has 138 valence electrons. The van der Waals surface area contributed by atoms with E-state index in [4.69, 9.17) is 5.10 Å². The summed E-state index contributed by atoms with van der Waals surface area (Å²) in [7, 11) is 0. The highest BCUT2D eigenvalue weighted by atomic mass is 35.5. The van der Waals surface area contributed by atoms with E-state index >= 15 is 0 Å². The minimum Gasteiger partial charge on any atom is -0.346 e. The number of rotatable bonds is 2. The van der Waals surface area contributed by atoms with Crippen molar-refractivity contribution in [2.45, 2.75) is 51.0 Å². The third kappa shape index (κ3) is 2.57. The van der Waals surface area contributed by atoms with E-state index in [-0.39, 0.29) is 17.8 Å². The van der Waals surface area contributed by atoms with Gasteiger partial charge in [-0.2, -0.15) is 5.10 Å². The molecule has 0 saturated carbocycles. The summed E-state index contributed by atoms with van der Waals surface area (Å²) in [6.45, 7) is 7.69. The van der Waals surface area contributed by atoms with Crippen LogP contribution in [-0.2, 0) is 12.0 Å². The Morgan fingerprint density at radius 1 is 1.23 bits per heavy atom. The van der Waals surface area contributed by atoms with Crippen molar-refractivity contribution >= 4 is 23.4 Å². The Kier molecular flexibility index (Phi) is 4.32. The zero-order chi connectivity index (χ0) is 17.0. The minimum atomic E-state index is 0. The number of fused-ring (bicyclic) bond motifs is 3. The van der Waals surface area contributed by atoms with Crippen LogP contribution in [0.15, 0.2) is 24.5 Å². The molecule has 5 nitrogen and oxygen atoms in total. The van der Waals surface area contributed by atoms with Gasteiger partial charge in [0.25, 0.3) is 0 Å². The molecule has 1 atom stereocenters. The molecule has 0 aliphatic carbocycles. The van der Waals surface area contributed by atoms with Crippen LogP contribution in [0.25, 0.3) is 22.3 Å². The first-order chi connectivity index (χ1) is 12.2. The normalized spacial score (nSPS) is 22.1. The molecule has 0 radical (unpaired) electrons. The van der Waals surface area contributed by atoms with Gasteiger partial charge < -0.3 is 10.3 Å². The number of hydrogen-bond acceptors (Lipinski definition) is 3. The van der Waals surface area contributed by atoms with Gasteiger partial charge in [0.15, 0.2) is 0 Å². The Morgan fingerprint density at radius 3 is 2.88 bits per heavy atom. The molecule has 1 fully saturated rings. The Morgan fingerprint density at radius 2 is 2.12 bits per heavy atom. The Hall–Kier alpha value is -1.85. The molecule has 5 rings (SSSR count). The van der Waals surface area contributed by atoms with E-state index in [1.807, 2.05) is 6.20 Å². The van der Waals surface area contributed by atoms with E-state index in [0.29, 0.717) is 5.92 Å². The topological polar surface area (TPSA) is 58.5 Å². The zero-order valence-electron chi connectivity index (χ0n) is 15.4. The molecule has 26 heavy (non-hydrogen) atoms. The van der Waals surface area contributed by atoms with Crippen LogP contribution in [0.5, 0.6) is 0 Å². The van der Waals surface area contributed by atoms with Crippen LogP contribution >= 0.6 is 12.4 Å². The molecule has 1 spiro atoms. The molecular formula is C20H26ClN5. The highest BCUT2D eigenvalue weighted by Crippen LogP contribution is 2.40. The van der Waals surface area contributed by atoms with Gasteiger partial charge in [0.1, 0.15) is 5.65 Å². The van der Waals surface area contributed by atoms with Gasteiger partial charge in [0, 0.05) is 47.5 Å². The summed E-state index contributed by atoms with van der Waals surface area (Å²) in [6, 6.07) is 4.57. The van der Waals surface area contributed by atoms with Crippen molar-refractivity contribution in [2.75, 3.05) is 13.1 Å². The van der Waals surface area contributed by atoms with E-state index < -0.39 is 0 Å². The summed E-state index contributed by atoms with van der Waals surface area (Å²) in [5.74, 6) is 0.480. The van der Waals surface area contributed by atoms with Crippen LogP contribution < -0.4 is 5.32 Å².